The van der Waals surface area contributed by atoms with Gasteiger partial charge in [0.1, 0.15) is 0 Å². The molecule has 8 bridgehead atoms. The summed E-state index contributed by atoms with van der Waals surface area (Å²) in [5.41, 5.74) is -0.510. The van der Waals surface area contributed by atoms with Gasteiger partial charge in [0, 0.05) is 0 Å². The molecule has 8 atom stereocenters. The fourth-order valence-corrected chi connectivity index (χ4v) is 33.1. The number of cyclic esters (lactones) is 4. The number of benzene rings is 16. The van der Waals surface area contributed by atoms with Crippen molar-refractivity contribution in [2.45, 2.75) is 174 Å². The Labute approximate surface area is 593 Å². The van der Waals surface area contributed by atoms with Crippen LogP contribution in [-0.2, 0) is 59.8 Å². The summed E-state index contributed by atoms with van der Waals surface area (Å²) in [7, 11) is 0. The normalized spacial score (nSPS) is 32.0. The third-order valence-corrected chi connectivity index (χ3v) is 34.9. The molecule has 2 aliphatic heterocycles. The van der Waals surface area contributed by atoms with Crippen LogP contribution in [-0.4, -0.2) is 95.1 Å². The summed E-state index contributed by atoms with van der Waals surface area (Å²) in [6.07, 6.45) is 9.24. The summed E-state index contributed by atoms with van der Waals surface area (Å²) in [5.74, 6) is -2.08. The zero-order valence-electron chi connectivity index (χ0n) is 57.3. The molecule has 0 amide bonds. The van der Waals surface area contributed by atoms with Crippen LogP contribution in [0, 0.1) is 10.8 Å². The summed E-state index contributed by atoms with van der Waals surface area (Å²) < 4.78 is 29.0. The molecule has 12 nitrogen and oxygen atoms in total. The van der Waals surface area contributed by atoms with Gasteiger partial charge in [0.15, 0.2) is 10.8 Å². The van der Waals surface area contributed by atoms with Gasteiger partial charge in [-0.3, -0.25) is 19.2 Å². The van der Waals surface area contributed by atoms with Gasteiger partial charge in [-0.1, -0.05) is 77.0 Å². The molecule has 10 aliphatic carbocycles. The first-order valence-corrected chi connectivity index (χ1v) is 40.6. The van der Waals surface area contributed by atoms with Crippen molar-refractivity contribution in [3.05, 3.63) is 44.5 Å². The summed E-state index contributed by atoms with van der Waals surface area (Å²) in [5, 5.41) is 107. The lowest BCUT2D eigenvalue weighted by Gasteiger charge is -2.32. The second-order valence-electron chi connectivity index (χ2n) is 37.1. The number of ether oxygens (including phenoxy) is 4. The molecule has 2 heterocycles. The van der Waals surface area contributed by atoms with Crippen molar-refractivity contribution in [3.63, 3.8) is 0 Å². The largest absolute Gasteiger partial charge is 0.465 e. The molecule has 4 unspecified atom stereocenters. The highest BCUT2D eigenvalue weighted by Crippen LogP contribution is 3.01. The van der Waals surface area contributed by atoms with E-state index in [1.165, 1.54) is 226 Å². The minimum absolute atomic E-state index is 0.0899. The van der Waals surface area contributed by atoms with Gasteiger partial charge in [0.25, 0.3) is 0 Å². The zero-order valence-corrected chi connectivity index (χ0v) is 57.3. The Kier molecular flexibility index (Phi) is 6.83. The second kappa shape index (κ2) is 14.0. The first-order valence-electron chi connectivity index (χ1n) is 40.6. The van der Waals surface area contributed by atoms with Crippen LogP contribution in [0.2, 0.25) is 0 Å². The van der Waals surface area contributed by atoms with Gasteiger partial charge in [-0.25, -0.2) is 0 Å². The van der Waals surface area contributed by atoms with E-state index in [9.17, 15) is 20.4 Å². The standard InChI is InChI=1S/C94H56O12/c95-25-17-9-1-5-13-21-103-85(99)93-86(100)104-22-15-7-3-11-19-27(97)28(98)20-12-4-8-16-24-106-88(102)94(87(101)105-23-14-6-2-10-18-26(25)96)90-78-62-50-38-30-29-33-32-36-44-52(40(32)38)64(62)80(90)70-58(44)47-55-45(36)53-41(33)49-37(29)39-31-34(30)42(50)54-46-35(31)43-51(39)63-61(49)77-65(53)67(55)81-73-60(47)72(70)84-76-74-59-48(56(46)68(66(54)78)82(74)92(84,90)94)57(43)69-71(59)83(75(73)76)91(81,93)89(77,93)79(63)69/h25-28,95-98H,1-24H2/t25-,26-,27-,28-,89?,90?,91?,92?,93?,94?/m0/s1. The van der Waals surface area contributed by atoms with Crippen LogP contribution in [0.5, 0.6) is 0 Å². The smallest absolute Gasteiger partial charge is 0.326 e. The van der Waals surface area contributed by atoms with Crippen molar-refractivity contribution in [2.75, 3.05) is 26.4 Å². The van der Waals surface area contributed by atoms with Gasteiger partial charge in [-0.15, -0.1) is 0 Å². The first-order chi connectivity index (χ1) is 52.2. The highest BCUT2D eigenvalue weighted by Gasteiger charge is 3.04. The number of hydrogen-bond donors (Lipinski definition) is 4. The topological polar surface area (TPSA) is 186 Å². The minimum atomic E-state index is -1.98. The molecule has 2 fully saturated rings. The van der Waals surface area contributed by atoms with Gasteiger partial charge < -0.3 is 39.4 Å². The monoisotopic (exact) mass is 1380 g/mol. The van der Waals surface area contributed by atoms with E-state index in [1.54, 1.807) is 0 Å². The summed E-state index contributed by atoms with van der Waals surface area (Å²) in [4.78, 5) is 72.2. The maximum atomic E-state index is 18.1. The van der Waals surface area contributed by atoms with E-state index in [2.05, 4.69) is 0 Å². The van der Waals surface area contributed by atoms with Crippen LogP contribution < -0.4 is 0 Å². The molecule has 12 heteroatoms. The number of aliphatic hydroxyl groups excluding tert-OH is 4. The molecular formula is C94H56O12. The molecule has 106 heavy (non-hydrogen) atoms. The number of carbonyl (C=O) groups excluding carboxylic acids is 4. The fraction of sp³-hybridized carbons (Fsp3) is 0.362. The van der Waals surface area contributed by atoms with E-state index in [1.807, 2.05) is 0 Å². The quantitative estimate of drug-likeness (QED) is 0.0488. The molecule has 0 radical (unpaired) electrons. The highest BCUT2D eigenvalue weighted by atomic mass is 16.6. The molecular weight excluding hydrogens is 1320 g/mol. The Bertz CT molecular complexity index is 7980. The first kappa shape index (κ1) is 51.6. The lowest BCUT2D eigenvalue weighted by molar-refractivity contribution is -0.168. The van der Waals surface area contributed by atoms with Crippen LogP contribution in [0.4, 0.5) is 0 Å². The zero-order chi connectivity index (χ0) is 67.7. The third-order valence-electron chi connectivity index (χ3n) is 34.9. The maximum Gasteiger partial charge on any atom is 0.326 e. The Balaban J connectivity index is 0.807. The second-order valence-corrected chi connectivity index (χ2v) is 37.1. The van der Waals surface area contributed by atoms with E-state index in [4.69, 9.17) is 18.9 Å². The van der Waals surface area contributed by atoms with Crippen molar-refractivity contribution < 1.29 is 58.6 Å². The van der Waals surface area contributed by atoms with Crippen molar-refractivity contribution >= 4 is 282 Å². The Morgan fingerprint density at radius 2 is 0.292 bits per heavy atom. The van der Waals surface area contributed by atoms with Gasteiger partial charge in [0.2, 0.25) is 0 Å². The molecule has 24 aromatic carbocycles. The van der Waals surface area contributed by atoms with E-state index in [-0.39, 0.29) is 26.4 Å². The molecule has 36 rings (SSSR count). The number of hydrogen-bond acceptors (Lipinski definition) is 12. The van der Waals surface area contributed by atoms with Crippen molar-refractivity contribution in [2.24, 2.45) is 10.8 Å². The lowest BCUT2D eigenvalue weighted by atomic mass is 9.67. The maximum absolute atomic E-state index is 18.1. The fourth-order valence-electron chi connectivity index (χ4n) is 33.1. The van der Waals surface area contributed by atoms with Gasteiger partial charge in [-0.2, -0.15) is 0 Å². The summed E-state index contributed by atoms with van der Waals surface area (Å²) >= 11 is 0. The molecule has 12 aliphatic rings. The molecule has 0 aromatic heterocycles. The minimum Gasteiger partial charge on any atom is -0.465 e. The average Bonchev–Trinajstić information content (AvgIpc) is 1.34. The lowest BCUT2D eigenvalue weighted by Crippen LogP contribution is -2.39. The number of carbonyl (C=O) groups is 4. The third kappa shape index (κ3) is 3.57. The predicted molar refractivity (Wildman–Crippen MR) is 412 cm³/mol. The van der Waals surface area contributed by atoms with Crippen molar-refractivity contribution in [1.82, 2.24) is 0 Å². The van der Waals surface area contributed by atoms with Crippen molar-refractivity contribution in [3.8, 4) is 0 Å². The predicted octanol–water partition coefficient (Wildman–Crippen LogP) is 18.3. The van der Waals surface area contributed by atoms with Crippen LogP contribution >= 0.6 is 0 Å². The average molecular weight is 1380 g/mol. The van der Waals surface area contributed by atoms with Crippen LogP contribution in [0.25, 0.3) is 259 Å². The van der Waals surface area contributed by atoms with Crippen LogP contribution in [0.1, 0.15) is 173 Å². The highest BCUT2D eigenvalue weighted by molar-refractivity contribution is 6.79. The van der Waals surface area contributed by atoms with E-state index >= 15 is 19.2 Å². The van der Waals surface area contributed by atoms with E-state index in [0.29, 0.717) is 77.0 Å². The molecule has 24 aromatic rings. The Morgan fingerprint density at radius 1 is 0.170 bits per heavy atom. The number of rotatable bonds is 0. The summed E-state index contributed by atoms with van der Waals surface area (Å²) in [6, 6.07) is 0. The van der Waals surface area contributed by atoms with Gasteiger partial charge in [0.05, 0.1) is 72.5 Å². The summed E-state index contributed by atoms with van der Waals surface area (Å²) in [6.45, 7) is 0.360. The molecule has 0 saturated heterocycles. The Morgan fingerprint density at radius 3 is 0.453 bits per heavy atom. The van der Waals surface area contributed by atoms with Crippen LogP contribution in [0.3, 0.4) is 0 Å². The molecule has 2 saturated carbocycles. The van der Waals surface area contributed by atoms with Crippen LogP contribution in [0.15, 0.2) is 0 Å². The van der Waals surface area contributed by atoms with E-state index in [0.717, 1.165) is 128 Å². The molecule has 4 N–H and O–H groups in total. The Hall–Kier alpha value is -9.56. The van der Waals surface area contributed by atoms with E-state index < -0.39 is 80.8 Å². The number of esters is 4. The SMILES string of the molecule is O=C1OCCCCCC[C@H](O)[C@@H](O)CCCCCCOC(=O)C23C(=O)OCCCCCC[C@H](O)[C@@H](O)CCCCCCOC(=O)C14C15c6c7c8c9c%10c%11c%12c%13c%14c%15c%16c%17c(c8c8c6c6c%18c%19c%20c(c%21c%22c1c7c%10c1c%22c7c%21c%10c%20c%20c%21c%19c%19c6c8c%17c6c%16c8c%14c%14c%16c%13c(c%111)c7c%16c%10c%20c%14c8c%21c6%19)C%1845)C92C%12%153. The van der Waals surface area contributed by atoms with Gasteiger partial charge in [-0.05, 0) is 354 Å². The molecule has 4 spiro atoms. The van der Waals surface area contributed by atoms with Crippen molar-refractivity contribution in [1.29, 1.82) is 0 Å². The van der Waals surface area contributed by atoms with Gasteiger partial charge >= 0.3 is 23.9 Å². The number of aliphatic hydroxyl groups is 4. The molecule has 504 valence electrons.